The summed E-state index contributed by atoms with van der Waals surface area (Å²) in [6.45, 7) is 0. The summed E-state index contributed by atoms with van der Waals surface area (Å²) in [5.74, 6) is -2.85. The number of benzene rings is 3. The fraction of sp³-hybridized carbons (Fsp3) is 0.214. The van der Waals surface area contributed by atoms with Gasteiger partial charge in [0.1, 0.15) is 0 Å². The number of nitrogens with two attached hydrogens (primary N) is 1. The molecule has 0 aliphatic carbocycles. The maximum atomic E-state index is 13.0. The van der Waals surface area contributed by atoms with Crippen LogP contribution in [0.25, 0.3) is 0 Å². The minimum atomic E-state index is -1.39. The Morgan fingerprint density at radius 2 is 1.36 bits per heavy atom. The molecular weight excluding hydrogens is 460 g/mol. The van der Waals surface area contributed by atoms with E-state index >= 15 is 0 Å². The van der Waals surface area contributed by atoms with Crippen LogP contribution in [0.2, 0.25) is 0 Å². The Labute approximate surface area is 209 Å². The molecule has 0 radical (unpaired) electrons. The monoisotopic (exact) mass is 488 g/mol. The van der Waals surface area contributed by atoms with Crippen molar-refractivity contribution in [3.05, 3.63) is 102 Å². The predicted molar refractivity (Wildman–Crippen MR) is 134 cm³/mol. The van der Waals surface area contributed by atoms with Crippen molar-refractivity contribution in [2.45, 2.75) is 37.8 Å². The van der Waals surface area contributed by atoms with Gasteiger partial charge in [0, 0.05) is 24.1 Å². The largest absolute Gasteiger partial charge is 0.478 e. The molecule has 186 valence electrons. The zero-order valence-electron chi connectivity index (χ0n) is 19.6. The highest BCUT2D eigenvalue weighted by molar-refractivity contribution is 5.98. The fourth-order valence-corrected chi connectivity index (χ4v) is 3.59. The lowest BCUT2D eigenvalue weighted by Gasteiger charge is -2.18. The average molecular weight is 489 g/mol. The van der Waals surface area contributed by atoms with Gasteiger partial charge in [-0.3, -0.25) is 14.4 Å². The first-order valence-electron chi connectivity index (χ1n) is 11.5. The Morgan fingerprint density at radius 1 is 0.778 bits per heavy atom. The van der Waals surface area contributed by atoms with Gasteiger partial charge >= 0.3 is 11.9 Å². The number of aliphatic carboxylic acids is 1. The van der Waals surface area contributed by atoms with E-state index in [0.29, 0.717) is 16.8 Å². The van der Waals surface area contributed by atoms with E-state index in [2.05, 4.69) is 5.32 Å². The molecule has 0 heterocycles. The summed E-state index contributed by atoms with van der Waals surface area (Å²) in [5.41, 5.74) is 8.08. The SMILES string of the molecule is Nc1ccc(C[C@H](OC(=O)CCC(=O)C(Cc2ccccc2)NC(=O)c2ccccc2)C(=O)O)cc1. The third-order valence-electron chi connectivity index (χ3n) is 5.54. The molecule has 36 heavy (non-hydrogen) atoms. The number of carboxylic acid groups (broad SMARTS) is 1. The summed E-state index contributed by atoms with van der Waals surface area (Å²) in [7, 11) is 0. The quantitative estimate of drug-likeness (QED) is 0.263. The number of ketones is 1. The Balaban J connectivity index is 1.61. The van der Waals surface area contributed by atoms with Crippen LogP contribution in [-0.2, 0) is 32.0 Å². The molecule has 0 saturated heterocycles. The van der Waals surface area contributed by atoms with Crippen LogP contribution in [0.15, 0.2) is 84.9 Å². The molecular formula is C28H28N2O6. The van der Waals surface area contributed by atoms with Crippen molar-refractivity contribution in [2.24, 2.45) is 0 Å². The van der Waals surface area contributed by atoms with Crippen molar-refractivity contribution in [2.75, 3.05) is 5.73 Å². The second-order valence-electron chi connectivity index (χ2n) is 8.31. The van der Waals surface area contributed by atoms with Gasteiger partial charge in [-0.15, -0.1) is 0 Å². The van der Waals surface area contributed by atoms with Gasteiger partial charge in [-0.1, -0.05) is 60.7 Å². The van der Waals surface area contributed by atoms with Gasteiger partial charge in [0.05, 0.1) is 12.5 Å². The summed E-state index contributed by atoms with van der Waals surface area (Å²) in [5, 5.41) is 12.2. The Kier molecular flexibility index (Phi) is 9.33. The van der Waals surface area contributed by atoms with Gasteiger partial charge in [0.2, 0.25) is 6.10 Å². The number of nitrogens with one attached hydrogen (secondary N) is 1. The molecule has 8 nitrogen and oxygen atoms in total. The number of carboxylic acids is 1. The second-order valence-corrected chi connectivity index (χ2v) is 8.31. The number of rotatable bonds is 12. The van der Waals surface area contributed by atoms with Gasteiger partial charge in [-0.25, -0.2) is 4.79 Å². The summed E-state index contributed by atoms with van der Waals surface area (Å²) < 4.78 is 5.14. The van der Waals surface area contributed by atoms with E-state index in [-0.39, 0.29) is 31.5 Å². The van der Waals surface area contributed by atoms with Crippen molar-refractivity contribution < 1.29 is 29.0 Å². The predicted octanol–water partition coefficient (Wildman–Crippen LogP) is 3.20. The van der Waals surface area contributed by atoms with Crippen LogP contribution in [0.1, 0.15) is 34.3 Å². The normalized spacial score (nSPS) is 12.2. The second kappa shape index (κ2) is 12.9. The molecule has 3 aromatic rings. The van der Waals surface area contributed by atoms with Gasteiger partial charge in [0.25, 0.3) is 5.91 Å². The van der Waals surface area contributed by atoms with E-state index in [1.54, 1.807) is 54.6 Å². The molecule has 0 bridgehead atoms. The van der Waals surface area contributed by atoms with Crippen molar-refractivity contribution in [1.82, 2.24) is 5.32 Å². The van der Waals surface area contributed by atoms with E-state index in [9.17, 15) is 24.3 Å². The molecule has 1 unspecified atom stereocenters. The lowest BCUT2D eigenvalue weighted by Crippen LogP contribution is -2.42. The third-order valence-corrected chi connectivity index (χ3v) is 5.54. The number of carbonyl (C=O) groups excluding carboxylic acids is 3. The molecule has 0 aromatic heterocycles. The maximum Gasteiger partial charge on any atom is 0.345 e. The number of esters is 1. The van der Waals surface area contributed by atoms with Gasteiger partial charge in [0.15, 0.2) is 5.78 Å². The number of amides is 1. The number of Topliss-reactive ketones (excluding diaryl/α,β-unsaturated/α-hetero) is 1. The molecule has 1 amide bonds. The van der Waals surface area contributed by atoms with Crippen molar-refractivity contribution >= 4 is 29.3 Å². The summed E-state index contributed by atoms with van der Waals surface area (Å²) in [6, 6.07) is 23.4. The Hall–Kier alpha value is -4.46. The smallest absolute Gasteiger partial charge is 0.345 e. The average Bonchev–Trinajstić information content (AvgIpc) is 2.88. The topological polar surface area (TPSA) is 136 Å². The number of nitrogen functional groups attached to an aromatic ring is 1. The van der Waals surface area contributed by atoms with E-state index < -0.39 is 30.0 Å². The minimum Gasteiger partial charge on any atom is -0.478 e. The van der Waals surface area contributed by atoms with Gasteiger partial charge in [-0.2, -0.15) is 0 Å². The summed E-state index contributed by atoms with van der Waals surface area (Å²) in [6.07, 6.45) is -1.69. The zero-order chi connectivity index (χ0) is 25.9. The van der Waals surface area contributed by atoms with Crippen LogP contribution in [0.4, 0.5) is 5.69 Å². The molecule has 3 aromatic carbocycles. The molecule has 0 aliphatic rings. The first kappa shape index (κ1) is 26.2. The van der Waals surface area contributed by atoms with Crippen molar-refractivity contribution in [1.29, 1.82) is 0 Å². The number of ether oxygens (including phenoxy) is 1. The highest BCUT2D eigenvalue weighted by Crippen LogP contribution is 2.13. The highest BCUT2D eigenvalue weighted by atomic mass is 16.6. The lowest BCUT2D eigenvalue weighted by molar-refractivity contribution is -0.164. The molecule has 2 atom stereocenters. The molecule has 3 rings (SSSR count). The van der Waals surface area contributed by atoms with Crippen LogP contribution in [-0.4, -0.2) is 40.9 Å². The van der Waals surface area contributed by atoms with E-state index in [4.69, 9.17) is 10.5 Å². The molecule has 8 heteroatoms. The van der Waals surface area contributed by atoms with Crippen LogP contribution >= 0.6 is 0 Å². The first-order chi connectivity index (χ1) is 17.3. The van der Waals surface area contributed by atoms with Crippen LogP contribution in [0, 0.1) is 0 Å². The van der Waals surface area contributed by atoms with Crippen molar-refractivity contribution in [3.8, 4) is 0 Å². The number of hydrogen-bond donors (Lipinski definition) is 3. The molecule has 0 spiro atoms. The first-order valence-corrected chi connectivity index (χ1v) is 11.5. The van der Waals surface area contributed by atoms with Crippen LogP contribution in [0.3, 0.4) is 0 Å². The third kappa shape index (κ3) is 8.09. The van der Waals surface area contributed by atoms with Gasteiger partial charge in [-0.05, 0) is 41.8 Å². The van der Waals surface area contributed by atoms with E-state index in [1.165, 1.54) is 0 Å². The molecule has 4 N–H and O–H groups in total. The zero-order valence-corrected chi connectivity index (χ0v) is 19.6. The van der Waals surface area contributed by atoms with Crippen LogP contribution in [0.5, 0.6) is 0 Å². The molecule has 0 aliphatic heterocycles. The number of hydrogen-bond acceptors (Lipinski definition) is 6. The number of anilines is 1. The Bertz CT molecular complexity index is 1180. The fourth-order valence-electron chi connectivity index (χ4n) is 3.59. The summed E-state index contributed by atoms with van der Waals surface area (Å²) >= 11 is 0. The minimum absolute atomic E-state index is 0.0287. The highest BCUT2D eigenvalue weighted by Gasteiger charge is 2.26. The van der Waals surface area contributed by atoms with Gasteiger partial charge < -0.3 is 20.9 Å². The van der Waals surface area contributed by atoms with Crippen LogP contribution < -0.4 is 11.1 Å². The van der Waals surface area contributed by atoms with E-state index in [1.807, 2.05) is 30.3 Å². The Morgan fingerprint density at radius 3 is 1.97 bits per heavy atom. The molecule has 0 fully saturated rings. The number of carbonyl (C=O) groups is 4. The molecule has 0 saturated carbocycles. The van der Waals surface area contributed by atoms with Crippen molar-refractivity contribution in [3.63, 3.8) is 0 Å². The van der Waals surface area contributed by atoms with E-state index in [0.717, 1.165) is 5.56 Å². The lowest BCUT2D eigenvalue weighted by atomic mass is 9.99. The summed E-state index contributed by atoms with van der Waals surface area (Å²) in [4.78, 5) is 49.7. The standard InChI is InChI=1S/C28H28N2O6/c29-22-13-11-20(12-14-22)18-25(28(34)35)36-26(32)16-15-24(31)23(17-19-7-3-1-4-8-19)30-27(33)21-9-5-2-6-10-21/h1-14,23,25H,15-18,29H2,(H,30,33)(H,34,35)/t23?,25-/m0/s1. The maximum absolute atomic E-state index is 13.0.